The third-order valence-corrected chi connectivity index (χ3v) is 4.43. The summed E-state index contributed by atoms with van der Waals surface area (Å²) in [5.41, 5.74) is 1.71. The fourth-order valence-electron chi connectivity index (χ4n) is 2.65. The van der Waals surface area contributed by atoms with E-state index in [0.29, 0.717) is 10.1 Å². The molecule has 1 saturated heterocycles. The monoisotopic (exact) mass is 282 g/mol. The number of nitrogen functional groups attached to an aromatic ring is 1. The predicted octanol–water partition coefficient (Wildman–Crippen LogP) is 0.188. The molecule has 1 aliphatic heterocycles. The van der Waals surface area contributed by atoms with Crippen LogP contribution in [0, 0.1) is 0 Å². The van der Waals surface area contributed by atoms with Gasteiger partial charge in [-0.15, -0.1) is 10.2 Å². The summed E-state index contributed by atoms with van der Waals surface area (Å²) < 4.78 is 0. The maximum absolute atomic E-state index is 12.4. The zero-order valence-electron chi connectivity index (χ0n) is 10.2. The van der Waals surface area contributed by atoms with E-state index in [1.165, 1.54) is 16.2 Å². The minimum atomic E-state index is -0.670. The summed E-state index contributed by atoms with van der Waals surface area (Å²) in [4.78, 5) is 25.5. The number of nitrogens with one attached hydrogen (secondary N) is 2. The van der Waals surface area contributed by atoms with Crippen LogP contribution in [-0.4, -0.2) is 32.6 Å². The molecular weight excluding hydrogens is 268 g/mol. The van der Waals surface area contributed by atoms with Crippen molar-refractivity contribution in [3.05, 3.63) is 5.01 Å². The van der Waals surface area contributed by atoms with Crippen molar-refractivity contribution in [2.45, 2.75) is 37.8 Å². The number of imide groups is 1. The highest BCUT2D eigenvalue weighted by molar-refractivity contribution is 7.15. The molecule has 0 radical (unpaired) electrons. The zero-order valence-corrected chi connectivity index (χ0v) is 11.0. The van der Waals surface area contributed by atoms with Gasteiger partial charge in [-0.1, -0.05) is 24.2 Å². The van der Waals surface area contributed by atoms with E-state index in [-0.39, 0.29) is 18.5 Å². The average molecular weight is 282 g/mol. The Morgan fingerprint density at radius 1 is 1.37 bits per heavy atom. The Kier molecular flexibility index (Phi) is 2.86. The predicted molar refractivity (Wildman–Crippen MR) is 68.0 cm³/mol. The van der Waals surface area contributed by atoms with Gasteiger partial charge in [0.15, 0.2) is 0 Å². The third kappa shape index (κ3) is 1.94. The molecule has 8 nitrogen and oxygen atoms in total. The summed E-state index contributed by atoms with van der Waals surface area (Å²) in [5, 5.41) is 11.5. The SMILES string of the molecule is NNc1nnc(CN2C(=O)NC3(CCCC3)C2=O)s1. The van der Waals surface area contributed by atoms with Gasteiger partial charge in [-0.3, -0.25) is 15.1 Å². The molecule has 4 N–H and O–H groups in total. The number of hydrogen-bond acceptors (Lipinski definition) is 7. The number of hydrogen-bond donors (Lipinski definition) is 3. The van der Waals surface area contributed by atoms with Crippen molar-refractivity contribution in [1.29, 1.82) is 0 Å². The Hall–Kier alpha value is -1.74. The maximum atomic E-state index is 12.4. The number of anilines is 1. The van der Waals surface area contributed by atoms with Gasteiger partial charge in [-0.05, 0) is 12.8 Å². The van der Waals surface area contributed by atoms with E-state index in [9.17, 15) is 9.59 Å². The Morgan fingerprint density at radius 2 is 2.11 bits per heavy atom. The number of carbonyl (C=O) groups is 2. The molecule has 3 amide bonds. The molecule has 1 aliphatic carbocycles. The molecule has 19 heavy (non-hydrogen) atoms. The van der Waals surface area contributed by atoms with Crippen LogP contribution in [0.3, 0.4) is 0 Å². The number of aromatic nitrogens is 2. The van der Waals surface area contributed by atoms with Gasteiger partial charge in [0.05, 0.1) is 6.54 Å². The van der Waals surface area contributed by atoms with Crippen molar-refractivity contribution in [2.24, 2.45) is 5.84 Å². The summed E-state index contributed by atoms with van der Waals surface area (Å²) >= 11 is 1.22. The van der Waals surface area contributed by atoms with Gasteiger partial charge in [0.2, 0.25) is 5.13 Å². The van der Waals surface area contributed by atoms with Crippen LogP contribution in [0.5, 0.6) is 0 Å². The molecule has 2 heterocycles. The fourth-order valence-corrected chi connectivity index (χ4v) is 3.29. The van der Waals surface area contributed by atoms with E-state index in [2.05, 4.69) is 20.9 Å². The maximum Gasteiger partial charge on any atom is 0.325 e. The van der Waals surface area contributed by atoms with E-state index in [0.717, 1.165) is 25.7 Å². The lowest BCUT2D eigenvalue weighted by atomic mass is 9.98. The summed E-state index contributed by atoms with van der Waals surface area (Å²) in [7, 11) is 0. The Bertz CT molecular complexity index is 524. The first-order chi connectivity index (χ1) is 9.14. The molecule has 3 rings (SSSR count). The summed E-state index contributed by atoms with van der Waals surface area (Å²) in [6, 6.07) is -0.343. The number of carbonyl (C=O) groups excluding carboxylic acids is 2. The molecule has 0 aromatic carbocycles. The van der Waals surface area contributed by atoms with Crippen LogP contribution in [0.15, 0.2) is 0 Å². The lowest BCUT2D eigenvalue weighted by Gasteiger charge is -2.19. The van der Waals surface area contributed by atoms with Gasteiger partial charge < -0.3 is 5.32 Å². The van der Waals surface area contributed by atoms with Crippen LogP contribution in [0.4, 0.5) is 9.93 Å². The fraction of sp³-hybridized carbons (Fsp3) is 0.600. The van der Waals surface area contributed by atoms with Gasteiger partial charge in [0.1, 0.15) is 10.5 Å². The van der Waals surface area contributed by atoms with Gasteiger partial charge in [-0.2, -0.15) is 0 Å². The molecule has 1 spiro atoms. The molecular formula is C10H14N6O2S. The molecule has 2 fully saturated rings. The number of rotatable bonds is 3. The molecule has 0 unspecified atom stereocenters. The standard InChI is InChI=1S/C10H14N6O2S/c11-13-8-15-14-6(19-8)5-16-7(17)10(12-9(16)18)3-1-2-4-10/h1-5,11H2,(H,12,18)(H,13,15). The van der Waals surface area contributed by atoms with E-state index >= 15 is 0 Å². The molecule has 1 aromatic rings. The second-order valence-electron chi connectivity index (χ2n) is 4.76. The molecule has 0 atom stereocenters. The third-order valence-electron chi connectivity index (χ3n) is 3.59. The quantitative estimate of drug-likeness (QED) is 0.414. The first kappa shape index (κ1) is 12.3. The molecule has 9 heteroatoms. The van der Waals surface area contributed by atoms with Crippen LogP contribution < -0.4 is 16.6 Å². The number of amides is 3. The Balaban J connectivity index is 1.77. The van der Waals surface area contributed by atoms with Crippen molar-refractivity contribution >= 4 is 28.4 Å². The van der Waals surface area contributed by atoms with Crippen molar-refractivity contribution in [3.8, 4) is 0 Å². The molecule has 1 saturated carbocycles. The lowest BCUT2D eigenvalue weighted by Crippen LogP contribution is -2.44. The van der Waals surface area contributed by atoms with E-state index in [4.69, 9.17) is 5.84 Å². The number of urea groups is 1. The van der Waals surface area contributed by atoms with Gasteiger partial charge in [-0.25, -0.2) is 10.6 Å². The van der Waals surface area contributed by atoms with E-state index < -0.39 is 5.54 Å². The minimum absolute atomic E-state index is 0.145. The highest BCUT2D eigenvalue weighted by Gasteiger charge is 2.52. The van der Waals surface area contributed by atoms with Crippen LogP contribution in [0.25, 0.3) is 0 Å². The first-order valence-corrected chi connectivity index (χ1v) is 6.89. The van der Waals surface area contributed by atoms with Crippen molar-refractivity contribution in [3.63, 3.8) is 0 Å². The summed E-state index contributed by atoms with van der Waals surface area (Å²) in [6.45, 7) is 0.145. The highest BCUT2D eigenvalue weighted by atomic mass is 32.1. The molecule has 102 valence electrons. The van der Waals surface area contributed by atoms with Crippen molar-refractivity contribution < 1.29 is 9.59 Å². The first-order valence-electron chi connectivity index (χ1n) is 6.08. The Labute approximate surface area is 113 Å². The lowest BCUT2D eigenvalue weighted by molar-refractivity contribution is -0.131. The largest absolute Gasteiger partial charge is 0.325 e. The van der Waals surface area contributed by atoms with Crippen LogP contribution in [-0.2, 0) is 11.3 Å². The van der Waals surface area contributed by atoms with Crippen LogP contribution in [0.1, 0.15) is 30.7 Å². The zero-order chi connectivity index (χ0) is 13.5. The molecule has 1 aromatic heterocycles. The van der Waals surface area contributed by atoms with E-state index in [1.807, 2.05) is 0 Å². The topological polar surface area (TPSA) is 113 Å². The second kappa shape index (κ2) is 4.42. The van der Waals surface area contributed by atoms with Crippen molar-refractivity contribution in [2.75, 3.05) is 5.43 Å². The molecule has 0 bridgehead atoms. The van der Waals surface area contributed by atoms with Gasteiger partial charge in [0.25, 0.3) is 5.91 Å². The van der Waals surface area contributed by atoms with E-state index in [1.54, 1.807) is 0 Å². The van der Waals surface area contributed by atoms with Crippen LogP contribution in [0.2, 0.25) is 0 Å². The summed E-state index contributed by atoms with van der Waals surface area (Å²) in [5.74, 6) is 5.07. The van der Waals surface area contributed by atoms with Crippen molar-refractivity contribution in [1.82, 2.24) is 20.4 Å². The minimum Gasteiger partial charge on any atom is -0.323 e. The smallest absolute Gasteiger partial charge is 0.323 e. The highest BCUT2D eigenvalue weighted by Crippen LogP contribution is 2.35. The van der Waals surface area contributed by atoms with Gasteiger partial charge in [0, 0.05) is 0 Å². The average Bonchev–Trinajstić information content (AvgIpc) is 3.08. The van der Waals surface area contributed by atoms with Gasteiger partial charge >= 0.3 is 6.03 Å². The number of hydrazine groups is 1. The Morgan fingerprint density at radius 3 is 2.74 bits per heavy atom. The second-order valence-corrected chi connectivity index (χ2v) is 5.82. The summed E-state index contributed by atoms with van der Waals surface area (Å²) in [6.07, 6.45) is 3.39. The molecule has 2 aliphatic rings. The number of nitrogens with two attached hydrogens (primary N) is 1. The van der Waals surface area contributed by atoms with Crippen LogP contribution >= 0.6 is 11.3 Å². The number of nitrogens with zero attached hydrogens (tertiary/aromatic N) is 3. The normalized spacial score (nSPS) is 21.2.